The first-order valence-electron chi connectivity index (χ1n) is 12.8. The van der Waals surface area contributed by atoms with E-state index in [1.807, 2.05) is 31.2 Å². The number of hydrogen-bond acceptors (Lipinski definition) is 4. The molecule has 4 aliphatic carbocycles. The van der Waals surface area contributed by atoms with Gasteiger partial charge in [0.1, 0.15) is 11.5 Å². The molecule has 0 unspecified atom stereocenters. The standard InChI is InChI=1S/C31H26N2O4/c1-17-5-9-21(10-6-17)37-22-11-7-19(8-12-22)32-29(34)18-3-2-4-20(15-18)33-30(35)27-23-13-14-24(26-16-25(23)26)28(27)31(33)36/h2-15,23-28H,16H2,1H3,(H,32,34)/t23-,24-,25-,26-,27+,28+/m0/s1. The van der Waals surface area contributed by atoms with Gasteiger partial charge in [-0.2, -0.15) is 0 Å². The number of rotatable bonds is 5. The van der Waals surface area contributed by atoms with Crippen LogP contribution >= 0.6 is 0 Å². The van der Waals surface area contributed by atoms with Crippen LogP contribution in [-0.2, 0) is 9.59 Å². The number of hydrogen-bond donors (Lipinski definition) is 1. The summed E-state index contributed by atoms with van der Waals surface area (Å²) in [6.07, 6.45) is 5.45. The van der Waals surface area contributed by atoms with E-state index in [0.29, 0.717) is 34.5 Å². The average Bonchev–Trinajstić information content (AvgIpc) is 3.69. The van der Waals surface area contributed by atoms with E-state index in [-0.39, 0.29) is 41.4 Å². The molecule has 5 aliphatic rings. The van der Waals surface area contributed by atoms with E-state index in [9.17, 15) is 14.4 Å². The average molecular weight is 491 g/mol. The first-order chi connectivity index (χ1) is 18.0. The molecule has 3 fully saturated rings. The van der Waals surface area contributed by atoms with Crippen LogP contribution in [0.25, 0.3) is 0 Å². The van der Waals surface area contributed by atoms with E-state index in [1.54, 1.807) is 48.5 Å². The van der Waals surface area contributed by atoms with Crippen molar-refractivity contribution in [1.29, 1.82) is 0 Å². The molecule has 3 amide bonds. The molecule has 8 rings (SSSR count). The minimum atomic E-state index is -0.312. The second-order valence-electron chi connectivity index (χ2n) is 10.6. The van der Waals surface area contributed by atoms with Crippen LogP contribution in [0, 0.1) is 42.4 Å². The highest BCUT2D eigenvalue weighted by Crippen LogP contribution is 2.65. The Balaban J connectivity index is 1.06. The summed E-state index contributed by atoms with van der Waals surface area (Å²) in [6, 6.07) is 21.7. The minimum absolute atomic E-state index is 0.124. The van der Waals surface area contributed by atoms with Crippen LogP contribution in [0.3, 0.4) is 0 Å². The molecule has 2 bridgehead atoms. The van der Waals surface area contributed by atoms with Crippen LogP contribution in [0.2, 0.25) is 0 Å². The highest BCUT2D eigenvalue weighted by molar-refractivity contribution is 6.23. The fourth-order valence-corrected chi connectivity index (χ4v) is 6.55. The number of carbonyl (C=O) groups is 3. The fourth-order valence-electron chi connectivity index (χ4n) is 6.55. The predicted molar refractivity (Wildman–Crippen MR) is 139 cm³/mol. The smallest absolute Gasteiger partial charge is 0.255 e. The molecular weight excluding hydrogens is 464 g/mol. The molecule has 6 heteroatoms. The minimum Gasteiger partial charge on any atom is -0.457 e. The molecule has 6 atom stereocenters. The number of anilines is 2. The SMILES string of the molecule is Cc1ccc(Oc2ccc(NC(=O)c3cccc(N4C(=O)[C@@H]5[C@H]6C=C[C@@H]([C@@H]7C[C@@H]67)[C@H]5C4=O)c3)cc2)cc1. The van der Waals surface area contributed by atoms with Gasteiger partial charge in [0.25, 0.3) is 5.91 Å². The van der Waals surface area contributed by atoms with Crippen molar-refractivity contribution in [3.05, 3.63) is 96.1 Å². The van der Waals surface area contributed by atoms with Gasteiger partial charge < -0.3 is 10.1 Å². The molecule has 1 N–H and O–H groups in total. The summed E-state index contributed by atoms with van der Waals surface area (Å²) in [5.41, 5.74) is 2.63. The van der Waals surface area contributed by atoms with Gasteiger partial charge in [-0.05, 0) is 91.6 Å². The molecule has 37 heavy (non-hydrogen) atoms. The van der Waals surface area contributed by atoms with Gasteiger partial charge in [-0.25, -0.2) is 4.90 Å². The Morgan fingerprint density at radius 1 is 0.838 bits per heavy atom. The number of aryl methyl sites for hydroxylation is 1. The lowest BCUT2D eigenvalue weighted by Crippen LogP contribution is -2.40. The lowest BCUT2D eigenvalue weighted by Gasteiger charge is -2.37. The maximum absolute atomic E-state index is 13.4. The number of carbonyl (C=O) groups excluding carboxylic acids is 3. The largest absolute Gasteiger partial charge is 0.457 e. The predicted octanol–water partition coefficient (Wildman–Crippen LogP) is 5.60. The van der Waals surface area contributed by atoms with E-state index in [1.165, 1.54) is 4.90 Å². The summed E-state index contributed by atoms with van der Waals surface area (Å²) in [5.74, 6) is 1.78. The highest BCUT2D eigenvalue weighted by atomic mass is 16.5. The van der Waals surface area contributed by atoms with Crippen LogP contribution in [0.5, 0.6) is 11.5 Å². The van der Waals surface area contributed by atoms with Gasteiger partial charge in [0.05, 0.1) is 17.5 Å². The topological polar surface area (TPSA) is 75.7 Å². The van der Waals surface area contributed by atoms with Gasteiger partial charge in [0, 0.05) is 11.3 Å². The van der Waals surface area contributed by atoms with Crippen LogP contribution in [-0.4, -0.2) is 17.7 Å². The van der Waals surface area contributed by atoms with Crippen LogP contribution in [0.1, 0.15) is 22.3 Å². The molecule has 3 aromatic rings. The van der Waals surface area contributed by atoms with Crippen molar-refractivity contribution in [3.63, 3.8) is 0 Å². The van der Waals surface area contributed by atoms with Crippen LogP contribution in [0.4, 0.5) is 11.4 Å². The van der Waals surface area contributed by atoms with E-state index in [2.05, 4.69) is 17.5 Å². The molecule has 184 valence electrons. The molecule has 1 aliphatic heterocycles. The number of nitrogens with zero attached hydrogens (tertiary/aromatic N) is 1. The first-order valence-corrected chi connectivity index (χ1v) is 12.8. The third-order valence-corrected chi connectivity index (χ3v) is 8.40. The molecule has 1 heterocycles. The summed E-state index contributed by atoms with van der Waals surface area (Å²) in [5, 5.41) is 2.89. The van der Waals surface area contributed by atoms with Gasteiger partial charge in [0.2, 0.25) is 11.8 Å². The van der Waals surface area contributed by atoms with Gasteiger partial charge in [-0.15, -0.1) is 0 Å². The summed E-state index contributed by atoms with van der Waals surface area (Å²) in [7, 11) is 0. The van der Waals surface area contributed by atoms with E-state index >= 15 is 0 Å². The highest BCUT2D eigenvalue weighted by Gasteiger charge is 2.67. The first kappa shape index (κ1) is 22.0. The summed E-state index contributed by atoms with van der Waals surface area (Å²) >= 11 is 0. The second-order valence-corrected chi connectivity index (χ2v) is 10.6. The molecule has 1 saturated heterocycles. The number of benzene rings is 3. The Morgan fingerprint density at radius 2 is 1.43 bits per heavy atom. The Bertz CT molecular complexity index is 1420. The quantitative estimate of drug-likeness (QED) is 0.373. The third kappa shape index (κ3) is 3.58. The number of imide groups is 1. The summed E-state index contributed by atoms with van der Waals surface area (Å²) < 4.78 is 5.85. The zero-order valence-electron chi connectivity index (χ0n) is 20.3. The van der Waals surface area contributed by atoms with Crippen molar-refractivity contribution >= 4 is 29.1 Å². The summed E-state index contributed by atoms with van der Waals surface area (Å²) in [4.78, 5) is 41.2. The molecule has 0 radical (unpaired) electrons. The summed E-state index contributed by atoms with van der Waals surface area (Å²) in [6.45, 7) is 2.02. The molecule has 2 saturated carbocycles. The van der Waals surface area contributed by atoms with Gasteiger partial charge >= 0.3 is 0 Å². The Kier molecular flexibility index (Phi) is 4.86. The molecular formula is C31H26N2O4. The van der Waals surface area contributed by atoms with Gasteiger partial charge in [-0.3, -0.25) is 14.4 Å². The zero-order valence-corrected chi connectivity index (χ0v) is 20.3. The molecule has 0 aromatic heterocycles. The number of nitrogens with one attached hydrogen (secondary N) is 1. The normalized spacial score (nSPS) is 28.6. The fraction of sp³-hybridized carbons (Fsp3) is 0.258. The molecule has 3 aromatic carbocycles. The van der Waals surface area contributed by atoms with Crippen molar-refractivity contribution < 1.29 is 19.1 Å². The van der Waals surface area contributed by atoms with Crippen LogP contribution in [0.15, 0.2) is 84.9 Å². The van der Waals surface area contributed by atoms with Gasteiger partial charge in [0.15, 0.2) is 0 Å². The van der Waals surface area contributed by atoms with E-state index in [0.717, 1.165) is 17.7 Å². The van der Waals surface area contributed by atoms with E-state index in [4.69, 9.17) is 4.74 Å². The van der Waals surface area contributed by atoms with Crippen molar-refractivity contribution in [1.82, 2.24) is 0 Å². The maximum Gasteiger partial charge on any atom is 0.255 e. The maximum atomic E-state index is 13.4. The van der Waals surface area contributed by atoms with Crippen molar-refractivity contribution in [2.45, 2.75) is 13.3 Å². The second kappa shape index (κ2) is 8.17. The third-order valence-electron chi connectivity index (χ3n) is 8.40. The number of amides is 3. The monoisotopic (exact) mass is 490 g/mol. The Labute approximate surface area is 214 Å². The van der Waals surface area contributed by atoms with Gasteiger partial charge in [-0.1, -0.05) is 35.9 Å². The van der Waals surface area contributed by atoms with E-state index < -0.39 is 0 Å². The molecule has 6 nitrogen and oxygen atoms in total. The Morgan fingerprint density at radius 3 is 2.05 bits per heavy atom. The van der Waals surface area contributed by atoms with Crippen molar-refractivity contribution in [2.24, 2.45) is 35.5 Å². The van der Waals surface area contributed by atoms with Crippen molar-refractivity contribution in [3.8, 4) is 11.5 Å². The van der Waals surface area contributed by atoms with Crippen LogP contribution < -0.4 is 15.0 Å². The number of ether oxygens (including phenoxy) is 1. The van der Waals surface area contributed by atoms with Crippen molar-refractivity contribution in [2.75, 3.05) is 10.2 Å². The number of allylic oxidation sites excluding steroid dienone is 2. The lowest BCUT2D eigenvalue weighted by molar-refractivity contribution is -0.124. The Hall–Kier alpha value is -4.19. The zero-order chi connectivity index (χ0) is 25.3. The molecule has 0 spiro atoms. The lowest BCUT2D eigenvalue weighted by atomic mass is 9.63.